The van der Waals surface area contributed by atoms with Gasteiger partial charge in [0.25, 0.3) is 0 Å². The number of rotatable bonds is 5. The fraction of sp³-hybridized carbons (Fsp3) is 0.692. The molecule has 1 aliphatic rings. The molecule has 28 heavy (non-hydrogen) atoms. The summed E-state index contributed by atoms with van der Waals surface area (Å²) in [4.78, 5) is 0. The maximum absolute atomic E-state index is 3.79. The molecule has 0 aromatic heterocycles. The van der Waals surface area contributed by atoms with Gasteiger partial charge in [-0.2, -0.15) is 0 Å². The minimum Gasteiger partial charge on any atom is -0.0985 e. The highest BCUT2D eigenvalue weighted by molar-refractivity contribution is 8.77. The maximum Gasteiger partial charge on any atom is 0.0179 e. The van der Waals surface area contributed by atoms with Gasteiger partial charge in [-0.15, -0.1) is 0 Å². The second kappa shape index (κ2) is 20.0. The van der Waals surface area contributed by atoms with E-state index in [2.05, 4.69) is 58.5 Å². The van der Waals surface area contributed by atoms with Gasteiger partial charge in [-0.1, -0.05) is 140 Å². The van der Waals surface area contributed by atoms with Gasteiger partial charge in [0.15, 0.2) is 0 Å². The zero-order valence-electron chi connectivity index (χ0n) is 20.1. The highest BCUT2D eigenvalue weighted by Gasteiger charge is 2.13. The number of benzene rings is 1. The van der Waals surface area contributed by atoms with Crippen molar-refractivity contribution in [2.75, 3.05) is 5.75 Å². The second-order valence-electron chi connectivity index (χ2n) is 7.58. The van der Waals surface area contributed by atoms with Gasteiger partial charge in [-0.3, -0.25) is 0 Å². The lowest BCUT2D eigenvalue weighted by Crippen LogP contribution is -2.04. The summed E-state index contributed by atoms with van der Waals surface area (Å²) in [6.45, 7) is 20.8. The van der Waals surface area contributed by atoms with Crippen molar-refractivity contribution in [1.82, 2.24) is 0 Å². The lowest BCUT2D eigenvalue weighted by molar-refractivity contribution is 0.592. The van der Waals surface area contributed by atoms with E-state index in [9.17, 15) is 0 Å². The van der Waals surface area contributed by atoms with Crippen LogP contribution in [0.3, 0.4) is 0 Å². The summed E-state index contributed by atoms with van der Waals surface area (Å²) >= 11 is 0. The summed E-state index contributed by atoms with van der Waals surface area (Å²) in [5.74, 6) is 2.09. The third-order valence-corrected chi connectivity index (χ3v) is 7.64. The first-order valence-electron chi connectivity index (χ1n) is 11.5. The van der Waals surface area contributed by atoms with Crippen LogP contribution in [0.5, 0.6) is 0 Å². The molecule has 0 radical (unpaired) electrons. The van der Waals surface area contributed by atoms with Crippen molar-refractivity contribution in [3.63, 3.8) is 0 Å². The number of hydrogen-bond donors (Lipinski definition) is 0. The molecule has 0 spiro atoms. The molecule has 0 unspecified atom stereocenters. The molecule has 0 aliphatic heterocycles. The molecule has 2 heteroatoms. The van der Waals surface area contributed by atoms with Crippen molar-refractivity contribution in [2.24, 2.45) is 0 Å². The Balaban J connectivity index is 0. The fourth-order valence-electron chi connectivity index (χ4n) is 2.82. The van der Waals surface area contributed by atoms with Gasteiger partial charge in [0.2, 0.25) is 0 Å². The summed E-state index contributed by atoms with van der Waals surface area (Å²) in [6, 6.07) is 8.94. The average Bonchev–Trinajstić information content (AvgIpc) is 3.00. The van der Waals surface area contributed by atoms with Crippen molar-refractivity contribution in [3.8, 4) is 0 Å². The Morgan fingerprint density at radius 1 is 0.929 bits per heavy atom. The van der Waals surface area contributed by atoms with Crippen LogP contribution in [0.4, 0.5) is 0 Å². The molecule has 1 aliphatic carbocycles. The Morgan fingerprint density at radius 2 is 1.43 bits per heavy atom. The van der Waals surface area contributed by atoms with Crippen molar-refractivity contribution >= 4 is 27.7 Å². The Kier molecular flexibility index (Phi) is 21.3. The molecule has 0 nitrogen and oxygen atoms in total. The van der Waals surface area contributed by atoms with Crippen LogP contribution in [-0.4, -0.2) is 10.5 Å². The van der Waals surface area contributed by atoms with Crippen LogP contribution in [0.25, 0.3) is 6.08 Å². The van der Waals surface area contributed by atoms with Crippen molar-refractivity contribution in [3.05, 3.63) is 42.0 Å². The largest absolute Gasteiger partial charge is 0.0985 e. The van der Waals surface area contributed by atoms with Crippen LogP contribution in [0.2, 0.25) is 0 Å². The monoisotopic (exact) mass is 424 g/mol. The highest BCUT2D eigenvalue weighted by Crippen LogP contribution is 2.35. The smallest absolute Gasteiger partial charge is 0.0179 e. The van der Waals surface area contributed by atoms with Gasteiger partial charge in [-0.25, -0.2) is 0 Å². The Bertz CT molecular complexity index is 434. The molecule has 0 amide bonds. The lowest BCUT2D eigenvalue weighted by atomic mass is 9.91. The van der Waals surface area contributed by atoms with Gasteiger partial charge in [-0.05, 0) is 36.3 Å². The van der Waals surface area contributed by atoms with Crippen LogP contribution < -0.4 is 0 Å². The predicted octanol–water partition coefficient (Wildman–Crippen LogP) is 10.4. The van der Waals surface area contributed by atoms with E-state index in [0.29, 0.717) is 4.75 Å². The van der Waals surface area contributed by atoms with Crippen molar-refractivity contribution in [1.29, 1.82) is 0 Å². The molecule has 0 N–H and O–H groups in total. The van der Waals surface area contributed by atoms with Gasteiger partial charge in [0.1, 0.15) is 0 Å². The third-order valence-electron chi connectivity index (χ3n) is 4.10. The van der Waals surface area contributed by atoms with Crippen LogP contribution in [-0.2, 0) is 0 Å². The predicted molar refractivity (Wildman–Crippen MR) is 140 cm³/mol. The molecular weight excluding hydrogens is 376 g/mol. The van der Waals surface area contributed by atoms with Crippen LogP contribution in [0.1, 0.15) is 117 Å². The van der Waals surface area contributed by atoms with E-state index in [1.807, 2.05) is 55.4 Å². The van der Waals surface area contributed by atoms with Gasteiger partial charge < -0.3 is 0 Å². The molecule has 2 rings (SSSR count). The lowest BCUT2D eigenvalue weighted by Gasteiger charge is -2.15. The molecule has 1 saturated carbocycles. The maximum atomic E-state index is 3.79. The van der Waals surface area contributed by atoms with Crippen LogP contribution >= 0.6 is 21.6 Å². The summed E-state index contributed by atoms with van der Waals surface area (Å²) in [7, 11) is 3.95. The van der Waals surface area contributed by atoms with E-state index < -0.39 is 0 Å². The molecule has 0 atom stereocenters. The molecular formula is C26H48S2. The third kappa shape index (κ3) is 16.6. The van der Waals surface area contributed by atoms with Crippen molar-refractivity contribution < 1.29 is 0 Å². The van der Waals surface area contributed by atoms with E-state index in [1.54, 1.807) is 0 Å². The van der Waals surface area contributed by atoms with E-state index in [4.69, 9.17) is 0 Å². The SMILES string of the molecule is C=Cc1ccc(C2CCCCCC2)cc1.CC.CC.CCCSSC(C)(C)C. The molecule has 0 saturated heterocycles. The molecule has 164 valence electrons. The van der Waals surface area contributed by atoms with Crippen LogP contribution in [0.15, 0.2) is 30.8 Å². The fourth-order valence-corrected chi connectivity index (χ4v) is 5.23. The standard InChI is InChI=1S/C15H20.C7H16S2.2C2H6/c1-2-13-9-11-15(12-10-13)14-7-5-3-4-6-8-14;1-5-6-8-9-7(2,3)4;2*1-2/h2,9-12,14H,1,3-8H2;5-6H2,1-4H3;2*1-2H3. The van der Waals surface area contributed by atoms with E-state index >= 15 is 0 Å². The number of hydrogen-bond acceptors (Lipinski definition) is 2. The summed E-state index contributed by atoms with van der Waals surface area (Å²) in [5.41, 5.74) is 2.76. The average molecular weight is 425 g/mol. The molecule has 1 fully saturated rings. The van der Waals surface area contributed by atoms with E-state index in [-0.39, 0.29) is 0 Å². The Hall–Kier alpha value is -0.340. The van der Waals surface area contributed by atoms with Crippen molar-refractivity contribution in [2.45, 2.75) is 111 Å². The summed E-state index contributed by atoms with van der Waals surface area (Å²) in [6.07, 6.45) is 11.6. The minimum absolute atomic E-state index is 0.430. The summed E-state index contributed by atoms with van der Waals surface area (Å²) < 4.78 is 0.430. The first-order chi connectivity index (χ1) is 13.5. The van der Waals surface area contributed by atoms with Gasteiger partial charge >= 0.3 is 0 Å². The zero-order chi connectivity index (χ0) is 21.8. The van der Waals surface area contributed by atoms with Gasteiger partial charge in [0, 0.05) is 10.5 Å². The topological polar surface area (TPSA) is 0 Å². The quantitative estimate of drug-likeness (QED) is 0.262. The first-order valence-corrected chi connectivity index (χ1v) is 13.8. The van der Waals surface area contributed by atoms with Crippen LogP contribution in [0, 0.1) is 0 Å². The zero-order valence-corrected chi connectivity index (χ0v) is 21.8. The normalized spacial score (nSPS) is 14.1. The minimum atomic E-state index is 0.430. The second-order valence-corrected chi connectivity index (χ2v) is 10.8. The summed E-state index contributed by atoms with van der Waals surface area (Å²) in [5, 5.41) is 0. The van der Waals surface area contributed by atoms with E-state index in [1.165, 1.54) is 61.8 Å². The molecule has 1 aromatic rings. The Labute approximate surface area is 186 Å². The highest BCUT2D eigenvalue weighted by atomic mass is 33.1. The molecule has 0 bridgehead atoms. The molecule has 1 aromatic carbocycles. The first kappa shape index (κ1) is 29.9. The molecule has 0 heterocycles. The van der Waals surface area contributed by atoms with E-state index in [0.717, 1.165) is 5.92 Å². The van der Waals surface area contributed by atoms with Gasteiger partial charge in [0.05, 0.1) is 0 Å². The Morgan fingerprint density at radius 3 is 1.82 bits per heavy atom.